The fourth-order valence-corrected chi connectivity index (χ4v) is 3.62. The van der Waals surface area contributed by atoms with Gasteiger partial charge in [0.05, 0.1) is 24.3 Å². The molecule has 2 aromatic carbocycles. The molecule has 0 spiro atoms. The summed E-state index contributed by atoms with van der Waals surface area (Å²) in [5.74, 6) is -2.83. The summed E-state index contributed by atoms with van der Waals surface area (Å²) in [7, 11) is 0. The maximum absolute atomic E-state index is 14.6. The lowest BCUT2D eigenvalue weighted by molar-refractivity contribution is -0.0346. The van der Waals surface area contributed by atoms with E-state index in [-0.39, 0.29) is 23.2 Å². The predicted molar refractivity (Wildman–Crippen MR) is 99.8 cm³/mol. The number of ether oxygens (including phenoxy) is 1. The van der Waals surface area contributed by atoms with Gasteiger partial charge in [0, 0.05) is 30.2 Å². The average molecular weight is 413 g/mol. The molecule has 0 aromatic heterocycles. The lowest BCUT2D eigenvalue weighted by Crippen LogP contribution is -2.47. The highest BCUT2D eigenvalue weighted by molar-refractivity contribution is 6.31. The Morgan fingerprint density at radius 3 is 2.79 bits per heavy atom. The zero-order valence-corrected chi connectivity index (χ0v) is 16.0. The molecule has 0 radical (unpaired) electrons. The Morgan fingerprint density at radius 2 is 2.07 bits per heavy atom. The monoisotopic (exact) mass is 412 g/mol. The SMILES string of the molecule is CC1CN(C(CNC(=O)c2cc(F)ccc2F)c2c(F)cccc2Cl)CCO1. The number of rotatable bonds is 5. The highest BCUT2D eigenvalue weighted by atomic mass is 35.5. The van der Waals surface area contributed by atoms with Gasteiger partial charge in [0.25, 0.3) is 5.91 Å². The van der Waals surface area contributed by atoms with Gasteiger partial charge in [-0.05, 0) is 37.3 Å². The van der Waals surface area contributed by atoms with Crippen LogP contribution in [0.15, 0.2) is 36.4 Å². The molecule has 1 aliphatic heterocycles. The van der Waals surface area contributed by atoms with Crippen molar-refractivity contribution in [1.29, 1.82) is 0 Å². The van der Waals surface area contributed by atoms with E-state index in [2.05, 4.69) is 5.32 Å². The summed E-state index contributed by atoms with van der Waals surface area (Å²) in [4.78, 5) is 14.3. The van der Waals surface area contributed by atoms with Crippen molar-refractivity contribution in [2.24, 2.45) is 0 Å². The Bertz CT molecular complexity index is 845. The molecule has 1 heterocycles. The van der Waals surface area contributed by atoms with Crippen LogP contribution in [-0.2, 0) is 4.74 Å². The Labute approximate surface area is 166 Å². The van der Waals surface area contributed by atoms with Crippen LogP contribution in [-0.4, -0.2) is 43.2 Å². The molecule has 0 aliphatic carbocycles. The van der Waals surface area contributed by atoms with Crippen molar-refractivity contribution < 1.29 is 22.7 Å². The van der Waals surface area contributed by atoms with Gasteiger partial charge >= 0.3 is 0 Å². The van der Waals surface area contributed by atoms with Crippen LogP contribution in [0.25, 0.3) is 0 Å². The molecular formula is C20H20ClF3N2O2. The van der Waals surface area contributed by atoms with Gasteiger partial charge in [-0.2, -0.15) is 0 Å². The molecule has 2 aromatic rings. The summed E-state index contributed by atoms with van der Waals surface area (Å²) >= 11 is 6.24. The fourth-order valence-electron chi connectivity index (χ4n) is 3.33. The van der Waals surface area contributed by atoms with Gasteiger partial charge in [0.1, 0.15) is 17.5 Å². The number of carbonyl (C=O) groups excluding carboxylic acids is 1. The zero-order chi connectivity index (χ0) is 20.3. The van der Waals surface area contributed by atoms with Gasteiger partial charge < -0.3 is 10.1 Å². The summed E-state index contributed by atoms with van der Waals surface area (Å²) in [6.07, 6.45) is -0.0711. The molecule has 0 saturated carbocycles. The molecule has 0 bridgehead atoms. The first kappa shape index (κ1) is 20.6. The number of hydrogen-bond acceptors (Lipinski definition) is 3. The van der Waals surface area contributed by atoms with E-state index in [4.69, 9.17) is 16.3 Å². The van der Waals surface area contributed by atoms with Crippen molar-refractivity contribution in [3.8, 4) is 0 Å². The summed E-state index contributed by atoms with van der Waals surface area (Å²) in [6.45, 7) is 3.36. The van der Waals surface area contributed by atoms with Crippen LogP contribution in [0.2, 0.25) is 5.02 Å². The molecule has 1 aliphatic rings. The van der Waals surface area contributed by atoms with Crippen molar-refractivity contribution in [1.82, 2.24) is 10.2 Å². The standard InChI is InChI=1S/C20H20ClF3N2O2/c1-12-11-26(7-8-28-12)18(19-15(21)3-2-4-17(19)24)10-25-20(27)14-9-13(22)5-6-16(14)23/h2-6,9,12,18H,7-8,10-11H2,1H3,(H,25,27). The molecule has 28 heavy (non-hydrogen) atoms. The number of carbonyl (C=O) groups is 1. The topological polar surface area (TPSA) is 41.6 Å². The highest BCUT2D eigenvalue weighted by Crippen LogP contribution is 2.31. The van der Waals surface area contributed by atoms with Crippen molar-refractivity contribution >= 4 is 17.5 Å². The number of benzene rings is 2. The first-order valence-corrected chi connectivity index (χ1v) is 9.27. The van der Waals surface area contributed by atoms with E-state index in [9.17, 15) is 18.0 Å². The first-order valence-electron chi connectivity index (χ1n) is 8.89. The molecule has 150 valence electrons. The fraction of sp³-hybridized carbons (Fsp3) is 0.350. The maximum atomic E-state index is 14.6. The zero-order valence-electron chi connectivity index (χ0n) is 15.2. The summed E-state index contributed by atoms with van der Waals surface area (Å²) < 4.78 is 47.3. The van der Waals surface area contributed by atoms with Gasteiger partial charge in [0.15, 0.2) is 0 Å². The second kappa shape index (κ2) is 8.94. The van der Waals surface area contributed by atoms with Crippen LogP contribution in [0.3, 0.4) is 0 Å². The normalized spacial score (nSPS) is 18.7. The summed E-state index contributed by atoms with van der Waals surface area (Å²) in [5, 5.41) is 2.81. The molecule has 2 unspecified atom stereocenters. The number of halogens is 4. The van der Waals surface area contributed by atoms with E-state index < -0.39 is 35.0 Å². The molecule has 1 fully saturated rings. The molecule has 8 heteroatoms. The Morgan fingerprint density at radius 1 is 1.29 bits per heavy atom. The molecule has 4 nitrogen and oxygen atoms in total. The van der Waals surface area contributed by atoms with Crippen LogP contribution < -0.4 is 5.32 Å². The number of nitrogens with one attached hydrogen (secondary N) is 1. The second-order valence-electron chi connectivity index (χ2n) is 6.66. The number of amides is 1. The predicted octanol–water partition coefficient (Wildman–Crippen LogP) is 3.95. The molecule has 1 saturated heterocycles. The lowest BCUT2D eigenvalue weighted by Gasteiger charge is -2.38. The number of morpholine rings is 1. The summed E-state index contributed by atoms with van der Waals surface area (Å²) in [5.41, 5.74) is -0.160. The van der Waals surface area contributed by atoms with Gasteiger partial charge in [-0.25, -0.2) is 13.2 Å². The average Bonchev–Trinajstić information content (AvgIpc) is 2.65. The number of nitrogens with zero attached hydrogens (tertiary/aromatic N) is 1. The van der Waals surface area contributed by atoms with E-state index in [1.807, 2.05) is 11.8 Å². The number of hydrogen-bond donors (Lipinski definition) is 1. The highest BCUT2D eigenvalue weighted by Gasteiger charge is 2.30. The molecule has 1 amide bonds. The van der Waals surface area contributed by atoms with Crippen LogP contribution in [0, 0.1) is 17.5 Å². The van der Waals surface area contributed by atoms with Crippen molar-refractivity contribution in [2.45, 2.75) is 19.1 Å². The van der Waals surface area contributed by atoms with Crippen molar-refractivity contribution in [3.05, 3.63) is 70.0 Å². The van der Waals surface area contributed by atoms with Crippen LogP contribution in [0.1, 0.15) is 28.9 Å². The van der Waals surface area contributed by atoms with E-state index in [0.717, 1.165) is 18.2 Å². The summed E-state index contributed by atoms with van der Waals surface area (Å²) in [6, 6.07) is 6.44. The van der Waals surface area contributed by atoms with Crippen LogP contribution >= 0.6 is 11.6 Å². The van der Waals surface area contributed by atoms with Gasteiger partial charge in [-0.1, -0.05) is 17.7 Å². The largest absolute Gasteiger partial charge is 0.376 e. The molecule has 3 rings (SSSR count). The van der Waals surface area contributed by atoms with Crippen molar-refractivity contribution in [2.75, 3.05) is 26.2 Å². The second-order valence-corrected chi connectivity index (χ2v) is 7.07. The van der Waals surface area contributed by atoms with E-state index in [1.165, 1.54) is 12.1 Å². The van der Waals surface area contributed by atoms with Gasteiger partial charge in [-0.15, -0.1) is 0 Å². The first-order chi connectivity index (χ1) is 13.4. The molecule has 2 atom stereocenters. The van der Waals surface area contributed by atoms with E-state index >= 15 is 0 Å². The third-order valence-corrected chi connectivity index (χ3v) is 5.00. The molecular weight excluding hydrogens is 393 g/mol. The lowest BCUT2D eigenvalue weighted by atomic mass is 10.0. The van der Waals surface area contributed by atoms with Crippen LogP contribution in [0.4, 0.5) is 13.2 Å². The van der Waals surface area contributed by atoms with Gasteiger partial charge in [0.2, 0.25) is 0 Å². The Balaban J connectivity index is 1.85. The Kier molecular flexibility index (Phi) is 6.59. The third kappa shape index (κ3) is 4.66. The minimum atomic E-state index is -0.834. The van der Waals surface area contributed by atoms with E-state index in [0.29, 0.717) is 19.7 Å². The smallest absolute Gasteiger partial charge is 0.254 e. The minimum Gasteiger partial charge on any atom is -0.376 e. The molecule has 1 N–H and O–H groups in total. The van der Waals surface area contributed by atoms with E-state index in [1.54, 1.807) is 6.07 Å². The maximum Gasteiger partial charge on any atom is 0.254 e. The quantitative estimate of drug-likeness (QED) is 0.808. The third-order valence-electron chi connectivity index (χ3n) is 4.68. The minimum absolute atomic E-state index is 0.0256. The Hall–Kier alpha value is -2.09. The van der Waals surface area contributed by atoms with Crippen molar-refractivity contribution in [3.63, 3.8) is 0 Å². The van der Waals surface area contributed by atoms with Crippen LogP contribution in [0.5, 0.6) is 0 Å². The van der Waals surface area contributed by atoms with Gasteiger partial charge in [-0.3, -0.25) is 9.69 Å².